The van der Waals surface area contributed by atoms with Crippen molar-refractivity contribution in [1.82, 2.24) is 0 Å². The van der Waals surface area contributed by atoms with Crippen LogP contribution in [0.25, 0.3) is 11.1 Å². The van der Waals surface area contributed by atoms with Crippen LogP contribution in [0.4, 0.5) is 0 Å². The van der Waals surface area contributed by atoms with E-state index in [1.165, 1.54) is 11.3 Å². The van der Waals surface area contributed by atoms with Gasteiger partial charge in [-0.05, 0) is 35.6 Å². The molecule has 0 saturated carbocycles. The summed E-state index contributed by atoms with van der Waals surface area (Å²) in [6.45, 7) is 1.96. The minimum atomic E-state index is -0.450. The fourth-order valence-electron chi connectivity index (χ4n) is 1.72. The SMILES string of the molecule is Cc1csc(C=O)c1-c1ccc(C(N)=O)cc1. The molecule has 2 aromatic rings. The normalized spacial score (nSPS) is 10.2. The summed E-state index contributed by atoms with van der Waals surface area (Å²) < 4.78 is 0. The predicted octanol–water partition coefficient (Wildman–Crippen LogP) is 2.63. The molecule has 0 aliphatic carbocycles. The van der Waals surface area contributed by atoms with Crippen LogP contribution >= 0.6 is 11.3 Å². The number of thiophene rings is 1. The molecular formula is C13H11NO2S. The van der Waals surface area contributed by atoms with E-state index in [-0.39, 0.29) is 0 Å². The van der Waals surface area contributed by atoms with E-state index in [4.69, 9.17) is 5.73 Å². The average molecular weight is 245 g/mol. The van der Waals surface area contributed by atoms with Gasteiger partial charge in [0.15, 0.2) is 6.29 Å². The molecule has 0 atom stereocenters. The van der Waals surface area contributed by atoms with Crippen LogP contribution in [0.1, 0.15) is 25.6 Å². The maximum Gasteiger partial charge on any atom is 0.248 e. The van der Waals surface area contributed by atoms with Gasteiger partial charge in [0.25, 0.3) is 0 Å². The zero-order valence-corrected chi connectivity index (χ0v) is 10.1. The van der Waals surface area contributed by atoms with E-state index in [1.807, 2.05) is 24.4 Å². The standard InChI is InChI=1S/C13H11NO2S/c1-8-7-17-11(6-15)12(8)9-2-4-10(5-3-9)13(14)16/h2-7H,1H3,(H2,14,16). The number of aldehydes is 1. The summed E-state index contributed by atoms with van der Waals surface area (Å²) in [5, 5.41) is 1.95. The first kappa shape index (κ1) is 11.5. The number of nitrogens with two attached hydrogens (primary N) is 1. The van der Waals surface area contributed by atoms with Gasteiger partial charge < -0.3 is 5.73 Å². The molecule has 1 aromatic carbocycles. The Morgan fingerprint density at radius 1 is 1.29 bits per heavy atom. The lowest BCUT2D eigenvalue weighted by atomic mass is 10.0. The fourth-order valence-corrected chi connectivity index (χ4v) is 2.60. The summed E-state index contributed by atoms with van der Waals surface area (Å²) >= 11 is 1.42. The van der Waals surface area contributed by atoms with Crippen molar-refractivity contribution in [2.45, 2.75) is 6.92 Å². The lowest BCUT2D eigenvalue weighted by molar-refractivity contribution is 0.1000. The quantitative estimate of drug-likeness (QED) is 0.845. The molecule has 1 aromatic heterocycles. The molecule has 0 unspecified atom stereocenters. The Labute approximate surface area is 103 Å². The van der Waals surface area contributed by atoms with E-state index in [0.717, 1.165) is 23.0 Å². The van der Waals surface area contributed by atoms with Crippen LogP contribution in [-0.4, -0.2) is 12.2 Å². The Balaban J connectivity index is 2.49. The minimum Gasteiger partial charge on any atom is -0.366 e. The van der Waals surface area contributed by atoms with Crippen LogP contribution < -0.4 is 5.73 Å². The molecule has 4 heteroatoms. The summed E-state index contributed by atoms with van der Waals surface area (Å²) in [6, 6.07) is 6.96. The fraction of sp³-hybridized carbons (Fsp3) is 0.0769. The lowest BCUT2D eigenvalue weighted by Gasteiger charge is -2.03. The van der Waals surface area contributed by atoms with E-state index in [1.54, 1.807) is 12.1 Å². The van der Waals surface area contributed by atoms with E-state index < -0.39 is 5.91 Å². The largest absolute Gasteiger partial charge is 0.366 e. The molecule has 2 rings (SSSR count). The molecule has 0 aliphatic heterocycles. The predicted molar refractivity (Wildman–Crippen MR) is 68.4 cm³/mol. The van der Waals surface area contributed by atoms with Gasteiger partial charge in [0.05, 0.1) is 4.88 Å². The monoisotopic (exact) mass is 245 g/mol. The molecule has 1 heterocycles. The second kappa shape index (κ2) is 4.51. The van der Waals surface area contributed by atoms with Crippen LogP contribution in [0.5, 0.6) is 0 Å². The number of hydrogen-bond acceptors (Lipinski definition) is 3. The smallest absolute Gasteiger partial charge is 0.248 e. The van der Waals surface area contributed by atoms with Gasteiger partial charge in [-0.2, -0.15) is 0 Å². The number of carbonyl (C=O) groups excluding carboxylic acids is 2. The van der Waals surface area contributed by atoms with E-state index in [2.05, 4.69) is 0 Å². The molecule has 2 N–H and O–H groups in total. The van der Waals surface area contributed by atoms with Crippen molar-refractivity contribution >= 4 is 23.5 Å². The molecule has 17 heavy (non-hydrogen) atoms. The van der Waals surface area contributed by atoms with Crippen LogP contribution in [0.3, 0.4) is 0 Å². The zero-order valence-electron chi connectivity index (χ0n) is 9.27. The molecule has 3 nitrogen and oxygen atoms in total. The molecule has 86 valence electrons. The van der Waals surface area contributed by atoms with Crippen LogP contribution in [0, 0.1) is 6.92 Å². The third-order valence-corrected chi connectivity index (χ3v) is 3.59. The molecule has 0 saturated heterocycles. The summed E-state index contributed by atoms with van der Waals surface area (Å²) in [6.07, 6.45) is 0.856. The van der Waals surface area contributed by atoms with Crippen molar-refractivity contribution < 1.29 is 9.59 Å². The van der Waals surface area contributed by atoms with Gasteiger partial charge >= 0.3 is 0 Å². The maximum atomic E-state index is 11.0. The van der Waals surface area contributed by atoms with E-state index in [0.29, 0.717) is 10.4 Å². The van der Waals surface area contributed by atoms with E-state index >= 15 is 0 Å². The summed E-state index contributed by atoms with van der Waals surface area (Å²) in [4.78, 5) is 22.6. The highest BCUT2D eigenvalue weighted by Crippen LogP contribution is 2.31. The molecule has 1 amide bonds. The Kier molecular flexibility index (Phi) is 3.06. The minimum absolute atomic E-state index is 0.450. The molecule has 0 radical (unpaired) electrons. The highest BCUT2D eigenvalue weighted by Gasteiger charge is 2.10. The first-order valence-corrected chi connectivity index (χ1v) is 5.95. The van der Waals surface area contributed by atoms with Crippen LogP contribution in [0.2, 0.25) is 0 Å². The second-order valence-corrected chi connectivity index (χ2v) is 4.63. The van der Waals surface area contributed by atoms with Gasteiger partial charge in [0.1, 0.15) is 0 Å². The van der Waals surface area contributed by atoms with Gasteiger partial charge in [-0.15, -0.1) is 11.3 Å². The molecule has 0 fully saturated rings. The number of carbonyl (C=O) groups is 2. The number of primary amides is 1. The first-order chi connectivity index (χ1) is 8.13. The molecule has 0 spiro atoms. The van der Waals surface area contributed by atoms with Crippen LogP contribution in [0.15, 0.2) is 29.6 Å². The Morgan fingerprint density at radius 2 is 1.94 bits per heavy atom. The number of benzene rings is 1. The Bertz CT molecular complexity index is 570. The Morgan fingerprint density at radius 3 is 2.47 bits per heavy atom. The molecule has 0 aliphatic rings. The Hall–Kier alpha value is -1.94. The summed E-state index contributed by atoms with van der Waals surface area (Å²) in [5.41, 5.74) is 8.56. The van der Waals surface area contributed by atoms with Gasteiger partial charge in [-0.1, -0.05) is 12.1 Å². The highest BCUT2D eigenvalue weighted by atomic mass is 32.1. The number of aryl methyl sites for hydroxylation is 1. The van der Waals surface area contributed by atoms with Crippen molar-refractivity contribution in [1.29, 1.82) is 0 Å². The number of amides is 1. The van der Waals surface area contributed by atoms with Crippen molar-refractivity contribution in [2.75, 3.05) is 0 Å². The average Bonchev–Trinajstić information content (AvgIpc) is 2.70. The van der Waals surface area contributed by atoms with Gasteiger partial charge in [-0.3, -0.25) is 9.59 Å². The van der Waals surface area contributed by atoms with Gasteiger partial charge in [0, 0.05) is 11.1 Å². The van der Waals surface area contributed by atoms with Crippen molar-refractivity contribution in [2.24, 2.45) is 5.73 Å². The summed E-state index contributed by atoms with van der Waals surface area (Å²) in [7, 11) is 0. The van der Waals surface area contributed by atoms with Gasteiger partial charge in [-0.25, -0.2) is 0 Å². The topological polar surface area (TPSA) is 60.2 Å². The molecule has 0 bridgehead atoms. The van der Waals surface area contributed by atoms with Crippen molar-refractivity contribution in [3.05, 3.63) is 45.6 Å². The molecular weight excluding hydrogens is 234 g/mol. The zero-order chi connectivity index (χ0) is 12.4. The second-order valence-electron chi connectivity index (χ2n) is 3.72. The van der Waals surface area contributed by atoms with Gasteiger partial charge in [0.2, 0.25) is 5.91 Å². The third kappa shape index (κ3) is 2.12. The van der Waals surface area contributed by atoms with E-state index in [9.17, 15) is 9.59 Å². The van der Waals surface area contributed by atoms with Crippen LogP contribution in [-0.2, 0) is 0 Å². The third-order valence-electron chi connectivity index (χ3n) is 2.57. The highest BCUT2D eigenvalue weighted by molar-refractivity contribution is 7.12. The number of hydrogen-bond donors (Lipinski definition) is 1. The maximum absolute atomic E-state index is 11.0. The summed E-state index contributed by atoms with van der Waals surface area (Å²) in [5.74, 6) is -0.450. The van der Waals surface area contributed by atoms with Crippen molar-refractivity contribution in [3.8, 4) is 11.1 Å². The number of rotatable bonds is 3. The lowest BCUT2D eigenvalue weighted by Crippen LogP contribution is -2.10. The van der Waals surface area contributed by atoms with Crippen molar-refractivity contribution in [3.63, 3.8) is 0 Å². The first-order valence-electron chi connectivity index (χ1n) is 5.07.